The summed E-state index contributed by atoms with van der Waals surface area (Å²) in [7, 11) is 0. The van der Waals surface area contributed by atoms with Crippen LogP contribution in [0.1, 0.15) is 11.3 Å². The molecular formula is C22H18FN3O2. The van der Waals surface area contributed by atoms with Crippen molar-refractivity contribution in [1.82, 2.24) is 9.55 Å². The molecule has 5 nitrogen and oxygen atoms in total. The van der Waals surface area contributed by atoms with Crippen molar-refractivity contribution >= 4 is 33.4 Å². The van der Waals surface area contributed by atoms with E-state index in [2.05, 4.69) is 10.3 Å². The van der Waals surface area contributed by atoms with Crippen molar-refractivity contribution in [2.45, 2.75) is 20.4 Å². The maximum atomic E-state index is 14.3. The summed E-state index contributed by atoms with van der Waals surface area (Å²) in [5, 5.41) is 3.99. The number of halogens is 1. The molecule has 0 spiro atoms. The number of pyridine rings is 2. The van der Waals surface area contributed by atoms with E-state index in [0.29, 0.717) is 5.69 Å². The first-order valence-corrected chi connectivity index (χ1v) is 8.88. The normalized spacial score (nSPS) is 11.1. The lowest BCUT2D eigenvalue weighted by Gasteiger charge is -2.13. The highest BCUT2D eigenvalue weighted by atomic mass is 19.1. The lowest BCUT2D eigenvalue weighted by Crippen LogP contribution is -2.21. The van der Waals surface area contributed by atoms with Crippen molar-refractivity contribution in [3.63, 3.8) is 0 Å². The maximum Gasteiger partial charge on any atom is 0.244 e. The number of anilines is 1. The molecule has 0 radical (unpaired) electrons. The van der Waals surface area contributed by atoms with Crippen molar-refractivity contribution in [3.05, 3.63) is 82.0 Å². The molecule has 0 unspecified atom stereocenters. The van der Waals surface area contributed by atoms with Crippen molar-refractivity contribution in [1.29, 1.82) is 0 Å². The van der Waals surface area contributed by atoms with Crippen LogP contribution in [0.5, 0.6) is 0 Å². The van der Waals surface area contributed by atoms with Crippen molar-refractivity contribution < 1.29 is 9.18 Å². The molecule has 0 atom stereocenters. The van der Waals surface area contributed by atoms with Gasteiger partial charge in [0.1, 0.15) is 12.4 Å². The molecule has 2 aromatic heterocycles. The van der Waals surface area contributed by atoms with Gasteiger partial charge in [-0.2, -0.15) is 0 Å². The van der Waals surface area contributed by atoms with E-state index in [9.17, 15) is 14.0 Å². The van der Waals surface area contributed by atoms with Crippen molar-refractivity contribution in [2.24, 2.45) is 0 Å². The molecule has 1 amide bonds. The molecule has 0 fully saturated rings. The van der Waals surface area contributed by atoms with Gasteiger partial charge in [0.05, 0.1) is 16.7 Å². The molecule has 28 heavy (non-hydrogen) atoms. The van der Waals surface area contributed by atoms with E-state index in [1.807, 2.05) is 38.1 Å². The Morgan fingerprint density at radius 1 is 1.11 bits per heavy atom. The van der Waals surface area contributed by atoms with Gasteiger partial charge >= 0.3 is 0 Å². The van der Waals surface area contributed by atoms with Gasteiger partial charge in [-0.15, -0.1) is 0 Å². The zero-order valence-corrected chi connectivity index (χ0v) is 15.5. The van der Waals surface area contributed by atoms with E-state index >= 15 is 0 Å². The molecule has 140 valence electrons. The minimum Gasteiger partial charge on any atom is -0.335 e. The fourth-order valence-corrected chi connectivity index (χ4v) is 3.38. The molecule has 2 aromatic carbocycles. The number of carbonyl (C=O) groups excluding carboxylic acids is 1. The number of amides is 1. The van der Waals surface area contributed by atoms with Gasteiger partial charge in [0, 0.05) is 28.7 Å². The summed E-state index contributed by atoms with van der Waals surface area (Å²) >= 11 is 0. The highest BCUT2D eigenvalue weighted by Gasteiger charge is 2.12. The molecule has 0 aliphatic carbocycles. The fourth-order valence-electron chi connectivity index (χ4n) is 3.38. The van der Waals surface area contributed by atoms with Crippen LogP contribution < -0.4 is 10.7 Å². The Kier molecular flexibility index (Phi) is 4.39. The third-order valence-electron chi connectivity index (χ3n) is 4.63. The number of aryl methyl sites for hydroxylation is 2. The van der Waals surface area contributed by atoms with E-state index in [4.69, 9.17) is 0 Å². The monoisotopic (exact) mass is 375 g/mol. The van der Waals surface area contributed by atoms with Crippen molar-refractivity contribution in [2.75, 3.05) is 5.32 Å². The minimum atomic E-state index is -0.538. The molecule has 0 aliphatic rings. The summed E-state index contributed by atoms with van der Waals surface area (Å²) in [6.07, 6.45) is 1.44. The lowest BCUT2D eigenvalue weighted by molar-refractivity contribution is -0.116. The second-order valence-corrected chi connectivity index (χ2v) is 6.82. The first kappa shape index (κ1) is 17.9. The average molecular weight is 375 g/mol. The zero-order chi connectivity index (χ0) is 19.8. The van der Waals surface area contributed by atoms with Crippen molar-refractivity contribution in [3.8, 4) is 0 Å². The van der Waals surface area contributed by atoms with Gasteiger partial charge in [0.25, 0.3) is 0 Å². The minimum absolute atomic E-state index is 0.119. The van der Waals surface area contributed by atoms with Crippen LogP contribution in [-0.4, -0.2) is 15.5 Å². The van der Waals surface area contributed by atoms with Crippen LogP contribution in [0.3, 0.4) is 0 Å². The third-order valence-corrected chi connectivity index (χ3v) is 4.63. The second-order valence-electron chi connectivity index (χ2n) is 6.82. The van der Waals surface area contributed by atoms with Crippen LogP contribution in [-0.2, 0) is 11.3 Å². The lowest BCUT2D eigenvalue weighted by atomic mass is 10.1. The predicted molar refractivity (Wildman–Crippen MR) is 108 cm³/mol. The van der Waals surface area contributed by atoms with E-state index < -0.39 is 5.82 Å². The highest BCUT2D eigenvalue weighted by Crippen LogP contribution is 2.24. The fraction of sp³-hybridized carbons (Fsp3) is 0.136. The molecule has 0 saturated heterocycles. The summed E-state index contributed by atoms with van der Waals surface area (Å²) in [5.74, 6) is -0.856. The number of hydrogen-bond donors (Lipinski definition) is 1. The summed E-state index contributed by atoms with van der Waals surface area (Å²) in [6.45, 7) is 3.71. The van der Waals surface area contributed by atoms with E-state index in [1.165, 1.54) is 29.0 Å². The molecule has 6 heteroatoms. The van der Waals surface area contributed by atoms with Gasteiger partial charge < -0.3 is 9.88 Å². The highest BCUT2D eigenvalue weighted by molar-refractivity contribution is 6.01. The number of hydrogen-bond acceptors (Lipinski definition) is 3. The number of nitrogens with zero attached hydrogens (tertiary/aromatic N) is 2. The number of aromatic nitrogens is 2. The number of nitrogens with one attached hydrogen (secondary N) is 1. The number of fused-ring (bicyclic) bond motifs is 2. The van der Waals surface area contributed by atoms with Gasteiger partial charge in [-0.05, 0) is 44.2 Å². The zero-order valence-electron chi connectivity index (χ0n) is 15.5. The topological polar surface area (TPSA) is 64.0 Å². The largest absolute Gasteiger partial charge is 0.335 e. The summed E-state index contributed by atoms with van der Waals surface area (Å²) in [5.41, 5.74) is 3.13. The van der Waals surface area contributed by atoms with E-state index in [0.717, 1.165) is 22.2 Å². The summed E-state index contributed by atoms with van der Waals surface area (Å²) in [6, 6.07) is 13.3. The van der Waals surface area contributed by atoms with E-state index in [1.54, 1.807) is 6.07 Å². The van der Waals surface area contributed by atoms with E-state index in [-0.39, 0.29) is 28.8 Å². The third kappa shape index (κ3) is 3.24. The molecule has 1 N–H and O–H groups in total. The Bertz CT molecular complexity index is 1290. The number of carbonyl (C=O) groups is 1. The quantitative estimate of drug-likeness (QED) is 0.590. The first-order valence-electron chi connectivity index (χ1n) is 8.88. The number of benzene rings is 2. The molecule has 2 heterocycles. The van der Waals surface area contributed by atoms with Crippen LogP contribution >= 0.6 is 0 Å². The summed E-state index contributed by atoms with van der Waals surface area (Å²) in [4.78, 5) is 29.2. The van der Waals surface area contributed by atoms with Gasteiger partial charge in [0.15, 0.2) is 5.43 Å². The molecule has 0 saturated carbocycles. The molecule has 4 aromatic rings. The average Bonchev–Trinajstić information content (AvgIpc) is 2.65. The standard InChI is InChI=1S/C22H18FN3O2/c1-13-6-7-18-16(10-13)19(11-14(2)24-18)25-21(28)12-26-9-8-20(27)15-4-3-5-17(23)22(15)26/h3-11H,12H2,1-2H3,(H,24,25,28). The SMILES string of the molecule is Cc1ccc2nc(C)cc(NC(=O)Cn3ccc(=O)c4cccc(F)c43)c2c1. The molecular weight excluding hydrogens is 357 g/mol. The Labute approximate surface area is 160 Å². The smallest absolute Gasteiger partial charge is 0.244 e. The Hall–Kier alpha value is -3.54. The second kappa shape index (κ2) is 6.88. The number of rotatable bonds is 3. The van der Waals surface area contributed by atoms with Gasteiger partial charge in [-0.1, -0.05) is 17.7 Å². The Balaban J connectivity index is 1.71. The van der Waals surface area contributed by atoms with Crippen LogP contribution in [0, 0.1) is 19.7 Å². The van der Waals surface area contributed by atoms with Gasteiger partial charge in [-0.3, -0.25) is 14.6 Å². The molecule has 4 rings (SSSR count). The Morgan fingerprint density at radius 2 is 1.93 bits per heavy atom. The molecule has 0 bridgehead atoms. The molecule has 0 aliphatic heterocycles. The van der Waals surface area contributed by atoms with Gasteiger partial charge in [0.2, 0.25) is 5.91 Å². The summed E-state index contributed by atoms with van der Waals surface area (Å²) < 4.78 is 15.8. The van der Waals surface area contributed by atoms with Gasteiger partial charge in [-0.25, -0.2) is 4.39 Å². The van der Waals surface area contributed by atoms with Crippen LogP contribution in [0.25, 0.3) is 21.8 Å². The first-order chi connectivity index (χ1) is 13.4. The maximum absolute atomic E-state index is 14.3. The van der Waals surface area contributed by atoms with Crippen LogP contribution in [0.4, 0.5) is 10.1 Å². The van der Waals surface area contributed by atoms with Crippen LogP contribution in [0.15, 0.2) is 59.5 Å². The predicted octanol–water partition coefficient (Wildman–Crippen LogP) is 3.94. The Morgan fingerprint density at radius 3 is 2.75 bits per heavy atom. The number of para-hydroxylation sites is 1. The van der Waals surface area contributed by atoms with Crippen LogP contribution in [0.2, 0.25) is 0 Å².